The lowest BCUT2D eigenvalue weighted by molar-refractivity contribution is 0.0835. The Bertz CT molecular complexity index is 999. The van der Waals surface area contributed by atoms with Crippen molar-refractivity contribution < 1.29 is 9.52 Å². The highest BCUT2D eigenvalue weighted by Crippen LogP contribution is 2.28. The van der Waals surface area contributed by atoms with E-state index in [-0.39, 0.29) is 12.1 Å². The highest BCUT2D eigenvalue weighted by molar-refractivity contribution is 5.81. The van der Waals surface area contributed by atoms with Gasteiger partial charge in [-0.1, -0.05) is 0 Å². The number of rotatable bonds is 3. The molecule has 0 aromatic carbocycles. The summed E-state index contributed by atoms with van der Waals surface area (Å²) < 4.78 is 7.66. The number of pyridine rings is 1. The van der Waals surface area contributed by atoms with Gasteiger partial charge in [0, 0.05) is 23.8 Å². The largest absolute Gasteiger partial charge is 0.454 e. The highest BCUT2D eigenvalue weighted by atomic mass is 16.3. The lowest BCUT2D eigenvalue weighted by Gasteiger charge is -2.32. The number of aliphatic hydroxyl groups excluding tert-OH is 1. The van der Waals surface area contributed by atoms with Gasteiger partial charge in [-0.2, -0.15) is 0 Å². The third-order valence-corrected chi connectivity index (χ3v) is 4.40. The summed E-state index contributed by atoms with van der Waals surface area (Å²) in [5, 5.41) is 18.3. The number of aromatic nitrogens is 4. The van der Waals surface area contributed by atoms with E-state index in [9.17, 15) is 5.11 Å². The van der Waals surface area contributed by atoms with Crippen LogP contribution in [-0.2, 0) is 0 Å². The van der Waals surface area contributed by atoms with Gasteiger partial charge in [-0.05, 0) is 37.1 Å². The second kappa shape index (κ2) is 5.04. The van der Waals surface area contributed by atoms with Crippen molar-refractivity contribution in [2.24, 2.45) is 0 Å². The van der Waals surface area contributed by atoms with Gasteiger partial charge < -0.3 is 14.8 Å². The lowest BCUT2D eigenvalue weighted by atomic mass is 9.89. The number of aliphatic hydroxyl groups is 1. The van der Waals surface area contributed by atoms with E-state index in [2.05, 4.69) is 20.4 Å². The van der Waals surface area contributed by atoms with Crippen LogP contribution in [0.3, 0.4) is 0 Å². The number of hydrogen-bond donors (Lipinski definition) is 2. The molecule has 4 aromatic heterocycles. The molecule has 24 heavy (non-hydrogen) atoms. The minimum atomic E-state index is -0.195. The van der Waals surface area contributed by atoms with E-state index < -0.39 is 0 Å². The summed E-state index contributed by atoms with van der Waals surface area (Å²) in [7, 11) is 0. The molecule has 0 unspecified atom stereocenters. The minimum Gasteiger partial charge on any atom is -0.454 e. The zero-order valence-electron chi connectivity index (χ0n) is 12.8. The predicted octanol–water partition coefficient (Wildman–Crippen LogP) is 2.47. The minimum absolute atomic E-state index is 0.195. The molecule has 0 bridgehead atoms. The van der Waals surface area contributed by atoms with Crippen molar-refractivity contribution in [2.75, 3.05) is 5.32 Å². The summed E-state index contributed by atoms with van der Waals surface area (Å²) in [6.45, 7) is 0. The Balaban J connectivity index is 1.55. The van der Waals surface area contributed by atoms with E-state index in [0.717, 1.165) is 41.0 Å². The van der Waals surface area contributed by atoms with Gasteiger partial charge in [0.05, 0.1) is 12.3 Å². The molecule has 0 radical (unpaired) electrons. The van der Waals surface area contributed by atoms with Crippen LogP contribution in [0.5, 0.6) is 0 Å². The van der Waals surface area contributed by atoms with Crippen LogP contribution in [0.1, 0.15) is 12.8 Å². The number of imidazole rings is 1. The number of hydrogen-bond acceptors (Lipinski definition) is 6. The van der Waals surface area contributed by atoms with Crippen LogP contribution < -0.4 is 5.32 Å². The van der Waals surface area contributed by atoms with Gasteiger partial charge in [-0.3, -0.25) is 4.98 Å². The number of nitrogens with one attached hydrogen (secondary N) is 1. The van der Waals surface area contributed by atoms with E-state index in [1.165, 1.54) is 0 Å². The Hall–Kier alpha value is -2.93. The zero-order chi connectivity index (χ0) is 16.1. The van der Waals surface area contributed by atoms with Gasteiger partial charge in [0.1, 0.15) is 17.1 Å². The maximum Gasteiger partial charge on any atom is 0.155 e. The standard InChI is InChI=1S/C17H15N5O2/c23-12-6-11(7-12)20-16-1-2-17-19-9-13(22(17)21-16)15-5-10-8-18-4-3-14(10)24-15/h1-5,8-9,11-12,23H,6-7H2,(H,20,21). The average Bonchev–Trinajstić information content (AvgIpc) is 3.16. The Morgan fingerprint density at radius 3 is 2.96 bits per heavy atom. The van der Waals surface area contributed by atoms with Crippen molar-refractivity contribution in [3.63, 3.8) is 0 Å². The monoisotopic (exact) mass is 321 g/mol. The summed E-state index contributed by atoms with van der Waals surface area (Å²) in [5.41, 5.74) is 2.33. The molecule has 0 saturated heterocycles. The first-order valence-corrected chi connectivity index (χ1v) is 7.89. The summed E-state index contributed by atoms with van der Waals surface area (Å²) >= 11 is 0. The van der Waals surface area contributed by atoms with Gasteiger partial charge in [0.15, 0.2) is 11.4 Å². The Morgan fingerprint density at radius 1 is 1.21 bits per heavy atom. The van der Waals surface area contributed by atoms with Crippen LogP contribution in [0.25, 0.3) is 28.1 Å². The van der Waals surface area contributed by atoms with Crippen molar-refractivity contribution in [1.82, 2.24) is 19.6 Å². The second-order valence-electron chi connectivity index (χ2n) is 6.12. The van der Waals surface area contributed by atoms with Crippen molar-refractivity contribution in [3.05, 3.63) is 42.9 Å². The van der Waals surface area contributed by atoms with Crippen LogP contribution in [0.4, 0.5) is 5.82 Å². The van der Waals surface area contributed by atoms with Gasteiger partial charge in [0.25, 0.3) is 0 Å². The average molecular weight is 321 g/mol. The molecule has 0 aliphatic heterocycles. The molecule has 0 amide bonds. The molecule has 1 fully saturated rings. The number of furan rings is 1. The molecule has 4 heterocycles. The van der Waals surface area contributed by atoms with Crippen LogP contribution in [0, 0.1) is 0 Å². The highest BCUT2D eigenvalue weighted by Gasteiger charge is 2.27. The molecule has 5 rings (SSSR count). The molecular weight excluding hydrogens is 306 g/mol. The molecule has 1 saturated carbocycles. The molecule has 7 heteroatoms. The van der Waals surface area contributed by atoms with E-state index in [4.69, 9.17) is 4.42 Å². The summed E-state index contributed by atoms with van der Waals surface area (Å²) in [5.74, 6) is 1.46. The smallest absolute Gasteiger partial charge is 0.155 e. The summed E-state index contributed by atoms with van der Waals surface area (Å²) in [4.78, 5) is 8.50. The normalized spacial score (nSPS) is 20.4. The Labute approximate surface area is 137 Å². The van der Waals surface area contributed by atoms with E-state index in [1.54, 1.807) is 23.1 Å². The maximum atomic E-state index is 9.40. The van der Waals surface area contributed by atoms with Gasteiger partial charge in [0.2, 0.25) is 0 Å². The van der Waals surface area contributed by atoms with Crippen molar-refractivity contribution in [2.45, 2.75) is 25.0 Å². The van der Waals surface area contributed by atoms with Crippen molar-refractivity contribution in [1.29, 1.82) is 0 Å². The Kier molecular flexibility index (Phi) is 2.83. The number of anilines is 1. The van der Waals surface area contributed by atoms with Crippen LogP contribution in [-0.4, -0.2) is 36.8 Å². The topological polar surface area (TPSA) is 88.5 Å². The molecule has 7 nitrogen and oxygen atoms in total. The molecular formula is C17H15N5O2. The quantitative estimate of drug-likeness (QED) is 0.602. The fourth-order valence-corrected chi connectivity index (χ4v) is 3.04. The van der Waals surface area contributed by atoms with Crippen LogP contribution >= 0.6 is 0 Å². The van der Waals surface area contributed by atoms with Gasteiger partial charge >= 0.3 is 0 Å². The van der Waals surface area contributed by atoms with Crippen molar-refractivity contribution in [3.8, 4) is 11.5 Å². The molecule has 4 aromatic rings. The number of nitrogens with zero attached hydrogens (tertiary/aromatic N) is 4. The summed E-state index contributed by atoms with van der Waals surface area (Å²) in [6.07, 6.45) is 6.55. The summed E-state index contributed by atoms with van der Waals surface area (Å²) in [6, 6.07) is 7.87. The second-order valence-corrected chi connectivity index (χ2v) is 6.12. The molecule has 120 valence electrons. The molecule has 0 atom stereocenters. The molecule has 2 N–H and O–H groups in total. The first-order chi connectivity index (χ1) is 11.8. The van der Waals surface area contributed by atoms with Crippen LogP contribution in [0.2, 0.25) is 0 Å². The third kappa shape index (κ3) is 2.13. The first-order valence-electron chi connectivity index (χ1n) is 7.89. The van der Waals surface area contributed by atoms with Gasteiger partial charge in [-0.25, -0.2) is 9.50 Å². The van der Waals surface area contributed by atoms with Crippen LogP contribution in [0.15, 0.2) is 47.3 Å². The first kappa shape index (κ1) is 13.5. The van der Waals surface area contributed by atoms with E-state index in [0.29, 0.717) is 5.76 Å². The zero-order valence-corrected chi connectivity index (χ0v) is 12.8. The van der Waals surface area contributed by atoms with E-state index >= 15 is 0 Å². The Morgan fingerprint density at radius 2 is 2.12 bits per heavy atom. The van der Waals surface area contributed by atoms with Crippen molar-refractivity contribution >= 4 is 22.4 Å². The third-order valence-electron chi connectivity index (χ3n) is 4.40. The predicted molar refractivity (Wildman–Crippen MR) is 88.6 cm³/mol. The fraction of sp³-hybridized carbons (Fsp3) is 0.235. The van der Waals surface area contributed by atoms with Gasteiger partial charge in [-0.15, -0.1) is 5.10 Å². The lowest BCUT2D eigenvalue weighted by Crippen LogP contribution is -2.39. The molecule has 1 aliphatic carbocycles. The SMILES string of the molecule is OC1CC(Nc2ccc3ncc(-c4cc5cnccc5o4)n3n2)C1. The van der Waals surface area contributed by atoms with E-state index in [1.807, 2.05) is 24.3 Å². The molecule has 0 spiro atoms. The fourth-order valence-electron chi connectivity index (χ4n) is 3.04. The number of fused-ring (bicyclic) bond motifs is 2. The molecule has 1 aliphatic rings. The maximum absolute atomic E-state index is 9.40.